The lowest BCUT2D eigenvalue weighted by atomic mass is 9.96. The number of benzene rings is 2. The molecule has 0 saturated heterocycles. The first-order valence-corrected chi connectivity index (χ1v) is 6.57. The Hall–Kier alpha value is -2.13. The maximum absolute atomic E-state index is 13.2. The fourth-order valence-electron chi connectivity index (χ4n) is 2.45. The summed E-state index contributed by atoms with van der Waals surface area (Å²) in [6.45, 7) is 4.10. The van der Waals surface area contributed by atoms with Crippen molar-refractivity contribution >= 4 is 11.0 Å². The van der Waals surface area contributed by atoms with Crippen LogP contribution in [0.5, 0.6) is 0 Å². The van der Waals surface area contributed by atoms with Crippen molar-refractivity contribution in [3.63, 3.8) is 0 Å². The Bertz CT molecular complexity index is 776. The fourth-order valence-corrected chi connectivity index (χ4v) is 2.45. The molecule has 1 atom stereocenters. The summed E-state index contributed by atoms with van der Waals surface area (Å²) in [7, 11) is 0. The fraction of sp³-hybridized carbons (Fsp3) is 0.176. The summed E-state index contributed by atoms with van der Waals surface area (Å²) >= 11 is 0. The largest absolute Gasteiger partial charge is 0.459 e. The minimum absolute atomic E-state index is 0.273. The summed E-state index contributed by atoms with van der Waals surface area (Å²) in [4.78, 5) is 0. The van der Waals surface area contributed by atoms with Gasteiger partial charge in [-0.2, -0.15) is 0 Å². The van der Waals surface area contributed by atoms with Gasteiger partial charge in [0.05, 0.1) is 6.04 Å². The Morgan fingerprint density at radius 3 is 2.70 bits per heavy atom. The van der Waals surface area contributed by atoms with Crippen LogP contribution in [0.2, 0.25) is 0 Å². The van der Waals surface area contributed by atoms with Crippen LogP contribution in [0.25, 0.3) is 11.0 Å². The summed E-state index contributed by atoms with van der Waals surface area (Å²) in [5.74, 6) is 0.379. The summed E-state index contributed by atoms with van der Waals surface area (Å²) in [5.41, 5.74) is 10.3. The molecule has 0 saturated carbocycles. The van der Waals surface area contributed by atoms with Crippen LogP contribution >= 0.6 is 0 Å². The Morgan fingerprint density at radius 2 is 1.90 bits per heavy atom. The highest BCUT2D eigenvalue weighted by Crippen LogP contribution is 2.29. The molecule has 0 fully saturated rings. The highest BCUT2D eigenvalue weighted by atomic mass is 19.1. The molecule has 102 valence electrons. The lowest BCUT2D eigenvalue weighted by Crippen LogP contribution is -2.12. The molecule has 0 bridgehead atoms. The molecule has 0 spiro atoms. The van der Waals surface area contributed by atoms with E-state index < -0.39 is 0 Å². The molecule has 3 aromatic rings. The van der Waals surface area contributed by atoms with Crippen molar-refractivity contribution in [1.82, 2.24) is 0 Å². The van der Waals surface area contributed by atoms with Crippen molar-refractivity contribution in [1.29, 1.82) is 0 Å². The van der Waals surface area contributed by atoms with E-state index in [1.165, 1.54) is 17.7 Å². The number of fused-ring (bicyclic) bond motifs is 1. The smallest absolute Gasteiger partial charge is 0.134 e. The number of nitrogens with two attached hydrogens (primary N) is 1. The van der Waals surface area contributed by atoms with Crippen molar-refractivity contribution < 1.29 is 8.81 Å². The van der Waals surface area contributed by atoms with Gasteiger partial charge in [-0.1, -0.05) is 18.2 Å². The molecule has 1 aromatic heterocycles. The van der Waals surface area contributed by atoms with Gasteiger partial charge in [0.2, 0.25) is 0 Å². The van der Waals surface area contributed by atoms with Crippen LogP contribution in [0.15, 0.2) is 46.9 Å². The van der Waals surface area contributed by atoms with Gasteiger partial charge in [0.15, 0.2) is 0 Å². The van der Waals surface area contributed by atoms with E-state index in [2.05, 4.69) is 13.0 Å². The normalized spacial score (nSPS) is 12.8. The van der Waals surface area contributed by atoms with Crippen molar-refractivity contribution in [2.75, 3.05) is 0 Å². The maximum Gasteiger partial charge on any atom is 0.134 e. The van der Waals surface area contributed by atoms with Crippen molar-refractivity contribution in [2.24, 2.45) is 5.73 Å². The van der Waals surface area contributed by atoms with Crippen molar-refractivity contribution in [3.8, 4) is 0 Å². The van der Waals surface area contributed by atoms with E-state index in [9.17, 15) is 4.39 Å². The predicted octanol–water partition coefficient (Wildman–Crippen LogP) is 4.24. The van der Waals surface area contributed by atoms with Gasteiger partial charge >= 0.3 is 0 Å². The van der Waals surface area contributed by atoms with Gasteiger partial charge in [0.25, 0.3) is 0 Å². The second-order valence-electron chi connectivity index (χ2n) is 5.10. The quantitative estimate of drug-likeness (QED) is 0.756. The highest BCUT2D eigenvalue weighted by molar-refractivity contribution is 5.78. The van der Waals surface area contributed by atoms with Crippen molar-refractivity contribution in [2.45, 2.75) is 19.9 Å². The molecule has 3 heteroatoms. The van der Waals surface area contributed by atoms with Crippen LogP contribution in [0, 0.1) is 19.7 Å². The van der Waals surface area contributed by atoms with Gasteiger partial charge in [0, 0.05) is 5.39 Å². The lowest BCUT2D eigenvalue weighted by Gasteiger charge is -2.14. The molecule has 0 radical (unpaired) electrons. The lowest BCUT2D eigenvalue weighted by molar-refractivity contribution is 0.523. The van der Waals surface area contributed by atoms with E-state index in [-0.39, 0.29) is 11.9 Å². The summed E-state index contributed by atoms with van der Waals surface area (Å²) < 4.78 is 19.0. The molecular weight excluding hydrogens is 253 g/mol. The highest BCUT2D eigenvalue weighted by Gasteiger charge is 2.16. The van der Waals surface area contributed by atoms with Gasteiger partial charge in [-0.3, -0.25) is 0 Å². The van der Waals surface area contributed by atoms with E-state index in [1.54, 1.807) is 6.07 Å². The van der Waals surface area contributed by atoms with Crippen LogP contribution in [-0.2, 0) is 0 Å². The minimum atomic E-state index is -0.342. The SMILES string of the molecule is Cc1cccc(C(N)c2cc3cc(F)ccc3o2)c1C. The topological polar surface area (TPSA) is 39.2 Å². The second kappa shape index (κ2) is 4.76. The number of aryl methyl sites for hydroxylation is 1. The Balaban J connectivity index is 2.08. The van der Waals surface area contributed by atoms with Crippen LogP contribution < -0.4 is 5.73 Å². The third kappa shape index (κ3) is 2.10. The molecule has 1 heterocycles. The molecule has 0 aliphatic heterocycles. The van der Waals surface area contributed by atoms with Gasteiger partial charge in [-0.15, -0.1) is 0 Å². The van der Waals surface area contributed by atoms with Crippen LogP contribution in [0.4, 0.5) is 4.39 Å². The first-order valence-electron chi connectivity index (χ1n) is 6.57. The molecule has 20 heavy (non-hydrogen) atoms. The van der Waals surface area contributed by atoms with Crippen LogP contribution in [0.3, 0.4) is 0 Å². The molecule has 0 aliphatic carbocycles. The molecule has 2 aromatic carbocycles. The van der Waals surface area contributed by atoms with Gasteiger partial charge < -0.3 is 10.2 Å². The number of hydrogen-bond acceptors (Lipinski definition) is 2. The van der Waals surface area contributed by atoms with Gasteiger partial charge in [0.1, 0.15) is 17.2 Å². The monoisotopic (exact) mass is 269 g/mol. The third-order valence-electron chi connectivity index (χ3n) is 3.79. The second-order valence-corrected chi connectivity index (χ2v) is 5.10. The number of halogens is 1. The molecule has 0 amide bonds. The molecular formula is C17H16FNO. The van der Waals surface area contributed by atoms with E-state index >= 15 is 0 Å². The van der Waals surface area contributed by atoms with E-state index in [1.807, 2.05) is 25.1 Å². The van der Waals surface area contributed by atoms with Gasteiger partial charge in [-0.05, 0) is 54.8 Å². The first kappa shape index (κ1) is 12.9. The Morgan fingerprint density at radius 1 is 1.10 bits per heavy atom. The predicted molar refractivity (Wildman–Crippen MR) is 78.1 cm³/mol. The Kier molecular flexibility index (Phi) is 3.07. The molecule has 1 unspecified atom stereocenters. The van der Waals surface area contributed by atoms with Crippen LogP contribution in [0.1, 0.15) is 28.5 Å². The number of rotatable bonds is 2. The zero-order valence-electron chi connectivity index (χ0n) is 11.5. The van der Waals surface area contributed by atoms with E-state index in [0.717, 1.165) is 16.5 Å². The molecule has 2 nitrogen and oxygen atoms in total. The number of hydrogen-bond donors (Lipinski definition) is 1. The van der Waals surface area contributed by atoms with Crippen molar-refractivity contribution in [3.05, 3.63) is 70.7 Å². The standard InChI is InChI=1S/C17H16FNO/c1-10-4-3-5-14(11(10)2)17(19)16-9-12-8-13(18)6-7-15(12)20-16/h3-9,17H,19H2,1-2H3. The first-order chi connectivity index (χ1) is 9.56. The van der Waals surface area contributed by atoms with Gasteiger partial charge in [-0.25, -0.2) is 4.39 Å². The Labute approximate surface area is 117 Å². The average molecular weight is 269 g/mol. The zero-order valence-corrected chi connectivity index (χ0v) is 11.5. The van der Waals surface area contributed by atoms with E-state index in [0.29, 0.717) is 11.3 Å². The number of furan rings is 1. The minimum Gasteiger partial charge on any atom is -0.459 e. The zero-order chi connectivity index (χ0) is 14.3. The average Bonchev–Trinajstić information content (AvgIpc) is 2.84. The molecule has 0 aliphatic rings. The summed E-state index contributed by atoms with van der Waals surface area (Å²) in [5, 5.41) is 0.737. The van der Waals surface area contributed by atoms with E-state index in [4.69, 9.17) is 10.2 Å². The summed E-state index contributed by atoms with van der Waals surface area (Å²) in [6.07, 6.45) is 0. The van der Waals surface area contributed by atoms with Crippen LogP contribution in [-0.4, -0.2) is 0 Å². The third-order valence-corrected chi connectivity index (χ3v) is 3.79. The molecule has 3 rings (SSSR count). The molecule has 2 N–H and O–H groups in total. The summed E-state index contributed by atoms with van der Waals surface area (Å²) in [6, 6.07) is 12.0. The maximum atomic E-state index is 13.2.